The zero-order chi connectivity index (χ0) is 18.8. The Hall–Kier alpha value is -3.02. The van der Waals surface area contributed by atoms with Crippen molar-refractivity contribution >= 4 is 11.6 Å². The van der Waals surface area contributed by atoms with Crippen molar-refractivity contribution in [3.63, 3.8) is 0 Å². The SMILES string of the molecule is Cc1cccc(Cn2nc(C)c(NC(=O)c3ccc(F)c(F)c3)c2C)c1. The zero-order valence-electron chi connectivity index (χ0n) is 14.8. The molecule has 3 rings (SSSR count). The molecule has 2 aromatic carbocycles. The van der Waals surface area contributed by atoms with E-state index in [0.29, 0.717) is 17.9 Å². The van der Waals surface area contributed by atoms with E-state index in [4.69, 9.17) is 0 Å². The number of hydrogen-bond donors (Lipinski definition) is 1. The van der Waals surface area contributed by atoms with Crippen molar-refractivity contribution in [1.29, 1.82) is 0 Å². The summed E-state index contributed by atoms with van der Waals surface area (Å²) in [6, 6.07) is 11.2. The molecule has 4 nitrogen and oxygen atoms in total. The van der Waals surface area contributed by atoms with Gasteiger partial charge in [-0.15, -0.1) is 0 Å². The fraction of sp³-hybridized carbons (Fsp3) is 0.200. The van der Waals surface area contributed by atoms with Gasteiger partial charge in [0.25, 0.3) is 5.91 Å². The third-order valence-corrected chi connectivity index (χ3v) is 4.22. The second kappa shape index (κ2) is 7.07. The standard InChI is InChI=1S/C20H19F2N3O/c1-12-5-4-6-15(9-12)11-25-14(3)19(13(2)24-25)23-20(26)16-7-8-17(21)18(22)10-16/h4-10H,11H2,1-3H3,(H,23,26). The molecule has 0 fully saturated rings. The van der Waals surface area contributed by atoms with Crippen molar-refractivity contribution in [3.05, 3.63) is 82.2 Å². The first-order valence-electron chi connectivity index (χ1n) is 8.21. The molecule has 0 radical (unpaired) electrons. The predicted octanol–water partition coefficient (Wildman–Crippen LogP) is 4.39. The summed E-state index contributed by atoms with van der Waals surface area (Å²) in [6.07, 6.45) is 0. The molecule has 6 heteroatoms. The number of aryl methyl sites for hydroxylation is 2. The van der Waals surface area contributed by atoms with E-state index in [0.717, 1.165) is 29.0 Å². The molecule has 1 aromatic heterocycles. The number of carbonyl (C=O) groups is 1. The van der Waals surface area contributed by atoms with Crippen LogP contribution in [0.1, 0.15) is 32.9 Å². The Balaban J connectivity index is 1.83. The number of anilines is 1. The van der Waals surface area contributed by atoms with Gasteiger partial charge in [0.15, 0.2) is 11.6 Å². The van der Waals surface area contributed by atoms with Crippen LogP contribution in [0.4, 0.5) is 14.5 Å². The quantitative estimate of drug-likeness (QED) is 0.755. The van der Waals surface area contributed by atoms with Crippen LogP contribution in [0.3, 0.4) is 0 Å². The van der Waals surface area contributed by atoms with Crippen molar-refractivity contribution < 1.29 is 13.6 Å². The summed E-state index contributed by atoms with van der Waals surface area (Å²) >= 11 is 0. The zero-order valence-corrected chi connectivity index (χ0v) is 14.8. The second-order valence-corrected chi connectivity index (χ2v) is 6.28. The summed E-state index contributed by atoms with van der Waals surface area (Å²) in [4.78, 5) is 12.4. The average Bonchev–Trinajstić information content (AvgIpc) is 2.85. The van der Waals surface area contributed by atoms with E-state index in [2.05, 4.69) is 16.5 Å². The maximum Gasteiger partial charge on any atom is 0.255 e. The van der Waals surface area contributed by atoms with Crippen molar-refractivity contribution in [1.82, 2.24) is 9.78 Å². The Kier molecular flexibility index (Phi) is 4.84. The fourth-order valence-electron chi connectivity index (χ4n) is 2.84. The summed E-state index contributed by atoms with van der Waals surface area (Å²) in [5, 5.41) is 7.23. The molecule has 0 aliphatic heterocycles. The summed E-state index contributed by atoms with van der Waals surface area (Å²) < 4.78 is 28.2. The maximum atomic E-state index is 13.3. The maximum absolute atomic E-state index is 13.3. The predicted molar refractivity (Wildman–Crippen MR) is 96.3 cm³/mol. The molecule has 1 amide bonds. The van der Waals surface area contributed by atoms with Crippen LogP contribution in [0.15, 0.2) is 42.5 Å². The van der Waals surface area contributed by atoms with Gasteiger partial charge in [-0.1, -0.05) is 29.8 Å². The third kappa shape index (κ3) is 3.64. The van der Waals surface area contributed by atoms with E-state index < -0.39 is 17.5 Å². The summed E-state index contributed by atoms with van der Waals surface area (Å²) in [5.41, 5.74) is 4.34. The highest BCUT2D eigenvalue weighted by atomic mass is 19.2. The van der Waals surface area contributed by atoms with E-state index in [9.17, 15) is 13.6 Å². The van der Waals surface area contributed by atoms with Gasteiger partial charge in [0.05, 0.1) is 23.6 Å². The number of benzene rings is 2. The summed E-state index contributed by atoms with van der Waals surface area (Å²) in [5.74, 6) is -2.55. The number of carbonyl (C=O) groups excluding carboxylic acids is 1. The van der Waals surface area contributed by atoms with Gasteiger partial charge in [-0.3, -0.25) is 9.48 Å². The van der Waals surface area contributed by atoms with Crippen molar-refractivity contribution in [2.24, 2.45) is 0 Å². The molecule has 0 spiro atoms. The smallest absolute Gasteiger partial charge is 0.255 e. The Labute approximate surface area is 150 Å². The van der Waals surface area contributed by atoms with E-state index >= 15 is 0 Å². The molecule has 0 aliphatic carbocycles. The Morgan fingerprint density at radius 1 is 1.08 bits per heavy atom. The van der Waals surface area contributed by atoms with Gasteiger partial charge >= 0.3 is 0 Å². The lowest BCUT2D eigenvalue weighted by atomic mass is 10.1. The number of rotatable bonds is 4. The molecule has 26 heavy (non-hydrogen) atoms. The van der Waals surface area contributed by atoms with Gasteiger partial charge < -0.3 is 5.32 Å². The van der Waals surface area contributed by atoms with Gasteiger partial charge in [-0.05, 0) is 44.5 Å². The molecule has 0 saturated heterocycles. The first-order valence-corrected chi connectivity index (χ1v) is 8.21. The molecular formula is C20H19F2N3O. The second-order valence-electron chi connectivity index (χ2n) is 6.28. The molecule has 0 bridgehead atoms. The Morgan fingerprint density at radius 3 is 2.54 bits per heavy atom. The van der Waals surface area contributed by atoms with Crippen LogP contribution >= 0.6 is 0 Å². The van der Waals surface area contributed by atoms with E-state index in [1.165, 1.54) is 6.07 Å². The Bertz CT molecular complexity index is 979. The normalized spacial score (nSPS) is 10.8. The third-order valence-electron chi connectivity index (χ3n) is 4.22. The van der Waals surface area contributed by atoms with Crippen LogP contribution in [0, 0.1) is 32.4 Å². The number of aromatic nitrogens is 2. The van der Waals surface area contributed by atoms with Gasteiger partial charge in [0, 0.05) is 5.56 Å². The van der Waals surface area contributed by atoms with Crippen LogP contribution in [-0.2, 0) is 6.54 Å². The lowest BCUT2D eigenvalue weighted by Crippen LogP contribution is -2.14. The minimum atomic E-state index is -1.05. The van der Waals surface area contributed by atoms with E-state index in [1.54, 1.807) is 6.92 Å². The first kappa shape index (κ1) is 17.8. The monoisotopic (exact) mass is 355 g/mol. The van der Waals surface area contributed by atoms with Gasteiger partial charge in [0.2, 0.25) is 0 Å². The lowest BCUT2D eigenvalue weighted by molar-refractivity contribution is 0.102. The highest BCUT2D eigenvalue weighted by molar-refractivity contribution is 6.04. The van der Waals surface area contributed by atoms with E-state index in [1.807, 2.05) is 36.7 Å². The highest BCUT2D eigenvalue weighted by Crippen LogP contribution is 2.22. The van der Waals surface area contributed by atoms with Crippen LogP contribution in [0.5, 0.6) is 0 Å². The molecule has 1 N–H and O–H groups in total. The molecule has 0 aliphatic rings. The number of nitrogens with zero attached hydrogens (tertiary/aromatic N) is 2. The summed E-state index contributed by atoms with van der Waals surface area (Å²) in [6.45, 7) is 6.25. The van der Waals surface area contributed by atoms with Crippen LogP contribution in [-0.4, -0.2) is 15.7 Å². The number of amides is 1. The molecule has 1 heterocycles. The molecule has 3 aromatic rings. The number of halogens is 2. The minimum absolute atomic E-state index is 0.0501. The highest BCUT2D eigenvalue weighted by Gasteiger charge is 2.16. The largest absolute Gasteiger partial charge is 0.319 e. The molecule has 0 atom stereocenters. The van der Waals surface area contributed by atoms with Gasteiger partial charge in [0.1, 0.15) is 0 Å². The molecule has 0 unspecified atom stereocenters. The fourth-order valence-corrected chi connectivity index (χ4v) is 2.84. The Morgan fingerprint density at radius 2 is 1.85 bits per heavy atom. The number of nitrogens with one attached hydrogen (secondary N) is 1. The van der Waals surface area contributed by atoms with Crippen LogP contribution in [0.25, 0.3) is 0 Å². The topological polar surface area (TPSA) is 46.9 Å². The molecule has 0 saturated carbocycles. The number of hydrogen-bond acceptors (Lipinski definition) is 2. The van der Waals surface area contributed by atoms with Crippen LogP contribution < -0.4 is 5.32 Å². The van der Waals surface area contributed by atoms with Crippen molar-refractivity contribution in [2.75, 3.05) is 5.32 Å². The van der Waals surface area contributed by atoms with Crippen LogP contribution in [0.2, 0.25) is 0 Å². The van der Waals surface area contributed by atoms with Crippen molar-refractivity contribution in [3.8, 4) is 0 Å². The molecular weight excluding hydrogens is 336 g/mol. The first-order chi connectivity index (χ1) is 12.3. The van der Waals surface area contributed by atoms with Crippen molar-refractivity contribution in [2.45, 2.75) is 27.3 Å². The lowest BCUT2D eigenvalue weighted by Gasteiger charge is -2.08. The summed E-state index contributed by atoms with van der Waals surface area (Å²) in [7, 11) is 0. The minimum Gasteiger partial charge on any atom is -0.319 e. The van der Waals surface area contributed by atoms with Gasteiger partial charge in [-0.25, -0.2) is 8.78 Å². The molecule has 134 valence electrons. The average molecular weight is 355 g/mol. The van der Waals surface area contributed by atoms with E-state index in [-0.39, 0.29) is 5.56 Å². The van der Waals surface area contributed by atoms with Gasteiger partial charge in [-0.2, -0.15) is 5.10 Å².